The van der Waals surface area contributed by atoms with Gasteiger partial charge < -0.3 is 5.32 Å². The first-order valence-electron chi connectivity index (χ1n) is 8.29. The molecule has 1 N–H and O–H groups in total. The van der Waals surface area contributed by atoms with Gasteiger partial charge in [-0.3, -0.25) is 14.6 Å². The fraction of sp³-hybridized carbons (Fsp3) is 0.100. The Morgan fingerprint density at radius 1 is 0.885 bits per heavy atom. The van der Waals surface area contributed by atoms with Gasteiger partial charge in [-0.05, 0) is 42.0 Å². The molecule has 0 amide bonds. The fourth-order valence-corrected chi connectivity index (χ4v) is 2.78. The second-order valence-electron chi connectivity index (χ2n) is 5.93. The van der Waals surface area contributed by atoms with Gasteiger partial charge in [-0.25, -0.2) is 4.98 Å². The third kappa shape index (κ3) is 3.17. The van der Waals surface area contributed by atoms with Crippen molar-refractivity contribution in [2.24, 2.45) is 7.05 Å². The first-order valence-corrected chi connectivity index (χ1v) is 8.29. The normalized spacial score (nSPS) is 10.7. The van der Waals surface area contributed by atoms with Gasteiger partial charge in [0.25, 0.3) is 0 Å². The molecule has 0 bridgehead atoms. The van der Waals surface area contributed by atoms with E-state index in [4.69, 9.17) is 0 Å². The first kappa shape index (κ1) is 16.0. The van der Waals surface area contributed by atoms with Crippen LogP contribution < -0.4 is 5.32 Å². The van der Waals surface area contributed by atoms with Gasteiger partial charge >= 0.3 is 0 Å². The molecule has 0 radical (unpaired) electrons. The van der Waals surface area contributed by atoms with Crippen LogP contribution >= 0.6 is 0 Å². The average Bonchev–Trinajstić information content (AvgIpc) is 3.15. The SMILES string of the molecule is CNc1cc(-c2cncc(-c3ccn(C)n3)c2)cc(-c2ccccn2)n1. The van der Waals surface area contributed by atoms with E-state index in [1.165, 1.54) is 0 Å². The monoisotopic (exact) mass is 342 g/mol. The Balaban J connectivity index is 1.80. The number of hydrogen-bond donors (Lipinski definition) is 1. The number of anilines is 1. The van der Waals surface area contributed by atoms with E-state index in [0.717, 1.165) is 39.6 Å². The molecule has 4 aromatic heterocycles. The molecular weight excluding hydrogens is 324 g/mol. The van der Waals surface area contributed by atoms with Crippen molar-refractivity contribution in [3.8, 4) is 33.8 Å². The van der Waals surface area contributed by atoms with Crippen LogP contribution in [-0.4, -0.2) is 31.8 Å². The van der Waals surface area contributed by atoms with Gasteiger partial charge in [0, 0.05) is 50.0 Å². The minimum Gasteiger partial charge on any atom is -0.373 e. The Labute approximate surface area is 151 Å². The van der Waals surface area contributed by atoms with Crippen LogP contribution in [0.3, 0.4) is 0 Å². The second kappa shape index (κ2) is 6.76. The van der Waals surface area contributed by atoms with E-state index in [-0.39, 0.29) is 0 Å². The summed E-state index contributed by atoms with van der Waals surface area (Å²) in [6.45, 7) is 0. The zero-order valence-corrected chi connectivity index (χ0v) is 14.6. The zero-order chi connectivity index (χ0) is 17.9. The fourth-order valence-electron chi connectivity index (χ4n) is 2.78. The van der Waals surface area contributed by atoms with Gasteiger partial charge in [0.2, 0.25) is 0 Å². The maximum Gasteiger partial charge on any atom is 0.127 e. The van der Waals surface area contributed by atoms with E-state index < -0.39 is 0 Å². The zero-order valence-electron chi connectivity index (χ0n) is 14.6. The summed E-state index contributed by atoms with van der Waals surface area (Å²) in [4.78, 5) is 13.4. The summed E-state index contributed by atoms with van der Waals surface area (Å²) in [6, 6.07) is 13.9. The Hall–Kier alpha value is -3.54. The van der Waals surface area contributed by atoms with Gasteiger partial charge in [0.05, 0.1) is 17.1 Å². The van der Waals surface area contributed by atoms with Gasteiger partial charge in [-0.1, -0.05) is 6.07 Å². The highest BCUT2D eigenvalue weighted by molar-refractivity contribution is 5.75. The maximum absolute atomic E-state index is 4.62. The Morgan fingerprint density at radius 2 is 1.77 bits per heavy atom. The largest absolute Gasteiger partial charge is 0.373 e. The molecule has 0 saturated heterocycles. The third-order valence-electron chi connectivity index (χ3n) is 4.09. The summed E-state index contributed by atoms with van der Waals surface area (Å²) in [5.74, 6) is 0.784. The number of aromatic nitrogens is 5. The second-order valence-corrected chi connectivity index (χ2v) is 5.93. The molecule has 6 heteroatoms. The topological polar surface area (TPSA) is 68.5 Å². The third-order valence-corrected chi connectivity index (χ3v) is 4.09. The van der Waals surface area contributed by atoms with Crippen LogP contribution in [0.4, 0.5) is 5.82 Å². The van der Waals surface area contributed by atoms with Crippen molar-refractivity contribution in [3.63, 3.8) is 0 Å². The Morgan fingerprint density at radius 3 is 2.50 bits per heavy atom. The lowest BCUT2D eigenvalue weighted by Crippen LogP contribution is -1.96. The quantitative estimate of drug-likeness (QED) is 0.613. The molecule has 0 unspecified atom stereocenters. The van der Waals surface area contributed by atoms with Crippen LogP contribution in [0.2, 0.25) is 0 Å². The van der Waals surface area contributed by atoms with Crippen LogP contribution in [0.5, 0.6) is 0 Å². The molecule has 6 nitrogen and oxygen atoms in total. The predicted molar refractivity (Wildman–Crippen MR) is 102 cm³/mol. The standard InChI is InChI=1S/C20H18N6/c1-21-20-11-14(10-19(24-20)18-5-3-4-7-23-18)15-9-16(13-22-12-15)17-6-8-26(2)25-17/h3-13H,1-2H3,(H,21,24). The molecule has 0 aliphatic heterocycles. The van der Waals surface area contributed by atoms with Crippen molar-refractivity contribution >= 4 is 5.82 Å². The first-order chi connectivity index (χ1) is 12.7. The molecule has 0 saturated carbocycles. The smallest absolute Gasteiger partial charge is 0.127 e. The Kier molecular flexibility index (Phi) is 4.15. The molecule has 0 atom stereocenters. The number of nitrogens with one attached hydrogen (secondary N) is 1. The molecule has 4 heterocycles. The van der Waals surface area contributed by atoms with Crippen LogP contribution in [0.15, 0.2) is 67.3 Å². The molecule has 0 aromatic carbocycles. The number of hydrogen-bond acceptors (Lipinski definition) is 5. The van der Waals surface area contributed by atoms with E-state index in [1.54, 1.807) is 10.9 Å². The summed E-state index contributed by atoms with van der Waals surface area (Å²) >= 11 is 0. The predicted octanol–water partition coefficient (Wildman–Crippen LogP) is 3.65. The molecule has 0 fully saturated rings. The number of aryl methyl sites for hydroxylation is 1. The highest BCUT2D eigenvalue weighted by Crippen LogP contribution is 2.28. The molecule has 4 aromatic rings. The molecule has 128 valence electrons. The summed E-state index contributed by atoms with van der Waals surface area (Å²) in [7, 11) is 3.76. The van der Waals surface area contributed by atoms with Crippen LogP contribution in [0.1, 0.15) is 0 Å². The van der Waals surface area contributed by atoms with Gasteiger partial charge in [0.1, 0.15) is 5.82 Å². The number of rotatable bonds is 4. The van der Waals surface area contributed by atoms with E-state index in [0.29, 0.717) is 0 Å². The molecule has 4 rings (SSSR count). The lowest BCUT2D eigenvalue weighted by atomic mass is 10.0. The lowest BCUT2D eigenvalue weighted by molar-refractivity contribution is 0.771. The molecule has 0 aliphatic rings. The lowest BCUT2D eigenvalue weighted by Gasteiger charge is -2.09. The van der Waals surface area contributed by atoms with Crippen LogP contribution in [0, 0.1) is 0 Å². The minimum absolute atomic E-state index is 0.784. The Bertz CT molecular complexity index is 1040. The van der Waals surface area contributed by atoms with Crippen molar-refractivity contribution in [2.75, 3.05) is 12.4 Å². The van der Waals surface area contributed by atoms with E-state index in [9.17, 15) is 0 Å². The van der Waals surface area contributed by atoms with Crippen molar-refractivity contribution in [1.82, 2.24) is 24.7 Å². The van der Waals surface area contributed by atoms with E-state index in [2.05, 4.69) is 31.4 Å². The molecule has 0 aliphatic carbocycles. The maximum atomic E-state index is 4.62. The highest BCUT2D eigenvalue weighted by Gasteiger charge is 2.09. The summed E-state index contributed by atoms with van der Waals surface area (Å²) in [5.41, 5.74) is 5.55. The number of pyridine rings is 3. The van der Waals surface area contributed by atoms with Gasteiger partial charge in [0.15, 0.2) is 0 Å². The molecular formula is C20H18N6. The molecule has 26 heavy (non-hydrogen) atoms. The van der Waals surface area contributed by atoms with Crippen molar-refractivity contribution in [2.45, 2.75) is 0 Å². The number of nitrogens with zero attached hydrogens (tertiary/aromatic N) is 5. The van der Waals surface area contributed by atoms with E-state index in [1.807, 2.05) is 69.1 Å². The van der Waals surface area contributed by atoms with Crippen molar-refractivity contribution in [1.29, 1.82) is 0 Å². The van der Waals surface area contributed by atoms with Gasteiger partial charge in [-0.2, -0.15) is 5.10 Å². The molecule has 0 spiro atoms. The average molecular weight is 342 g/mol. The highest BCUT2D eigenvalue weighted by atomic mass is 15.2. The van der Waals surface area contributed by atoms with E-state index >= 15 is 0 Å². The van der Waals surface area contributed by atoms with Crippen molar-refractivity contribution < 1.29 is 0 Å². The van der Waals surface area contributed by atoms with Crippen molar-refractivity contribution in [3.05, 3.63) is 67.3 Å². The van der Waals surface area contributed by atoms with Crippen LogP contribution in [-0.2, 0) is 7.05 Å². The summed E-state index contributed by atoms with van der Waals surface area (Å²) in [6.07, 6.45) is 7.37. The summed E-state index contributed by atoms with van der Waals surface area (Å²) < 4.78 is 1.78. The minimum atomic E-state index is 0.784. The van der Waals surface area contributed by atoms with Gasteiger partial charge in [-0.15, -0.1) is 0 Å². The summed E-state index contributed by atoms with van der Waals surface area (Å²) in [5, 5.41) is 7.58. The van der Waals surface area contributed by atoms with Crippen LogP contribution in [0.25, 0.3) is 33.8 Å².